The molecular formula is C18H21N3O2. The lowest BCUT2D eigenvalue weighted by Gasteiger charge is -2.13. The van der Waals surface area contributed by atoms with Crippen molar-refractivity contribution >= 4 is 28.9 Å². The van der Waals surface area contributed by atoms with Crippen molar-refractivity contribution < 1.29 is 9.59 Å². The summed E-state index contributed by atoms with van der Waals surface area (Å²) >= 11 is 0. The standard InChI is InChI=1S/C18H21N3O2/c1-13-5-4-6-15(11-13)20-18(23)12-17(22)19-14-7-9-16(10-8-14)21(2)3/h4-11H,12H2,1-3H3,(H,19,22)(H,20,23). The van der Waals surface area contributed by atoms with Crippen LogP contribution in [0, 0.1) is 6.92 Å². The number of nitrogens with one attached hydrogen (secondary N) is 2. The van der Waals surface area contributed by atoms with Crippen molar-refractivity contribution in [2.45, 2.75) is 13.3 Å². The maximum absolute atomic E-state index is 11.9. The highest BCUT2D eigenvalue weighted by Gasteiger charge is 2.10. The van der Waals surface area contributed by atoms with Crippen LogP contribution in [0.3, 0.4) is 0 Å². The number of carbonyl (C=O) groups is 2. The summed E-state index contributed by atoms with van der Waals surface area (Å²) in [6.07, 6.45) is -0.219. The second-order valence-electron chi connectivity index (χ2n) is 5.58. The summed E-state index contributed by atoms with van der Waals surface area (Å²) in [6.45, 7) is 1.94. The van der Waals surface area contributed by atoms with Gasteiger partial charge in [0, 0.05) is 31.2 Å². The van der Waals surface area contributed by atoms with E-state index in [9.17, 15) is 9.59 Å². The number of nitrogens with zero attached hydrogens (tertiary/aromatic N) is 1. The lowest BCUT2D eigenvalue weighted by atomic mass is 10.2. The molecule has 0 saturated carbocycles. The van der Waals surface area contributed by atoms with Gasteiger partial charge in [0.05, 0.1) is 0 Å². The predicted octanol–water partition coefficient (Wildman–Crippen LogP) is 3.03. The molecule has 0 aliphatic heterocycles. The van der Waals surface area contributed by atoms with Crippen molar-refractivity contribution in [1.29, 1.82) is 0 Å². The van der Waals surface area contributed by atoms with Crippen LogP contribution in [0.5, 0.6) is 0 Å². The molecule has 0 atom stereocenters. The van der Waals surface area contributed by atoms with Crippen LogP contribution in [0.1, 0.15) is 12.0 Å². The Kier molecular flexibility index (Phi) is 5.36. The molecule has 120 valence electrons. The first kappa shape index (κ1) is 16.5. The highest BCUT2D eigenvalue weighted by Crippen LogP contribution is 2.16. The molecule has 0 bridgehead atoms. The number of anilines is 3. The van der Waals surface area contributed by atoms with E-state index in [1.165, 1.54) is 0 Å². The van der Waals surface area contributed by atoms with Gasteiger partial charge in [-0.15, -0.1) is 0 Å². The third-order valence-electron chi connectivity index (χ3n) is 3.29. The largest absolute Gasteiger partial charge is 0.378 e. The first-order valence-electron chi connectivity index (χ1n) is 7.38. The lowest BCUT2D eigenvalue weighted by Crippen LogP contribution is -2.21. The van der Waals surface area contributed by atoms with Crippen molar-refractivity contribution in [3.63, 3.8) is 0 Å². The van der Waals surface area contributed by atoms with Crippen LogP contribution in [-0.4, -0.2) is 25.9 Å². The van der Waals surface area contributed by atoms with Crippen molar-refractivity contribution in [2.75, 3.05) is 29.6 Å². The summed E-state index contributed by atoms with van der Waals surface area (Å²) in [7, 11) is 3.90. The molecule has 0 saturated heterocycles. The average molecular weight is 311 g/mol. The quantitative estimate of drug-likeness (QED) is 0.834. The summed E-state index contributed by atoms with van der Waals surface area (Å²) in [5.41, 5.74) is 3.45. The van der Waals surface area contributed by atoms with E-state index in [1.54, 1.807) is 6.07 Å². The molecule has 5 nitrogen and oxygen atoms in total. The summed E-state index contributed by atoms with van der Waals surface area (Å²) in [5, 5.41) is 5.43. The molecule has 2 aromatic rings. The van der Waals surface area contributed by atoms with Crippen LogP contribution >= 0.6 is 0 Å². The molecule has 0 spiro atoms. The highest BCUT2D eigenvalue weighted by atomic mass is 16.2. The Bertz CT molecular complexity index is 694. The van der Waals surface area contributed by atoms with Gasteiger partial charge in [0.15, 0.2) is 0 Å². The Morgan fingerprint density at radius 1 is 0.913 bits per heavy atom. The fourth-order valence-corrected chi connectivity index (χ4v) is 2.12. The van der Waals surface area contributed by atoms with E-state index in [0.717, 1.165) is 11.3 Å². The van der Waals surface area contributed by atoms with Gasteiger partial charge < -0.3 is 15.5 Å². The fourth-order valence-electron chi connectivity index (χ4n) is 2.12. The molecule has 0 unspecified atom stereocenters. The Labute approximate surface area is 136 Å². The smallest absolute Gasteiger partial charge is 0.233 e. The predicted molar refractivity (Wildman–Crippen MR) is 93.8 cm³/mol. The molecule has 2 amide bonds. The highest BCUT2D eigenvalue weighted by molar-refractivity contribution is 6.08. The fraction of sp³-hybridized carbons (Fsp3) is 0.222. The first-order valence-corrected chi connectivity index (χ1v) is 7.38. The molecule has 0 heterocycles. The Morgan fingerprint density at radius 2 is 1.52 bits per heavy atom. The van der Waals surface area contributed by atoms with Crippen molar-refractivity contribution in [3.8, 4) is 0 Å². The number of aryl methyl sites for hydroxylation is 1. The molecular weight excluding hydrogens is 290 g/mol. The minimum atomic E-state index is -0.340. The molecule has 2 aromatic carbocycles. The van der Waals surface area contributed by atoms with Crippen molar-refractivity contribution in [1.82, 2.24) is 0 Å². The molecule has 0 aliphatic carbocycles. The Balaban J connectivity index is 1.87. The zero-order chi connectivity index (χ0) is 16.8. The Morgan fingerprint density at radius 3 is 2.09 bits per heavy atom. The van der Waals surface area contributed by atoms with Crippen LogP contribution in [0.25, 0.3) is 0 Å². The van der Waals surface area contributed by atoms with Gasteiger partial charge in [0.1, 0.15) is 6.42 Å². The second-order valence-corrected chi connectivity index (χ2v) is 5.58. The zero-order valence-electron chi connectivity index (χ0n) is 13.6. The first-order chi connectivity index (χ1) is 10.9. The minimum Gasteiger partial charge on any atom is -0.378 e. The van der Waals surface area contributed by atoms with Gasteiger partial charge in [-0.1, -0.05) is 12.1 Å². The maximum Gasteiger partial charge on any atom is 0.233 e. The van der Waals surface area contributed by atoms with Gasteiger partial charge in [-0.2, -0.15) is 0 Å². The van der Waals surface area contributed by atoms with Crippen LogP contribution < -0.4 is 15.5 Å². The number of carbonyl (C=O) groups excluding carboxylic acids is 2. The third kappa shape index (κ3) is 5.14. The lowest BCUT2D eigenvalue weighted by molar-refractivity contribution is -0.123. The van der Waals surface area contributed by atoms with Crippen LogP contribution in [-0.2, 0) is 9.59 Å². The Hall–Kier alpha value is -2.82. The monoisotopic (exact) mass is 311 g/mol. The topological polar surface area (TPSA) is 61.4 Å². The van der Waals surface area contributed by atoms with Gasteiger partial charge in [-0.05, 0) is 48.9 Å². The van der Waals surface area contributed by atoms with Gasteiger partial charge in [-0.3, -0.25) is 9.59 Å². The number of hydrogen-bond acceptors (Lipinski definition) is 3. The zero-order valence-corrected chi connectivity index (χ0v) is 13.6. The normalized spacial score (nSPS) is 10.0. The number of amides is 2. The molecule has 0 aliphatic rings. The molecule has 5 heteroatoms. The van der Waals surface area contributed by atoms with Crippen LogP contribution in [0.2, 0.25) is 0 Å². The van der Waals surface area contributed by atoms with E-state index < -0.39 is 0 Å². The minimum absolute atomic E-state index is 0.219. The summed E-state index contributed by atoms with van der Waals surface area (Å²) < 4.78 is 0. The van der Waals surface area contributed by atoms with Gasteiger partial charge in [0.25, 0.3) is 0 Å². The van der Waals surface area contributed by atoms with Crippen LogP contribution in [0.4, 0.5) is 17.1 Å². The van der Waals surface area contributed by atoms with E-state index in [-0.39, 0.29) is 18.2 Å². The molecule has 0 aromatic heterocycles. The SMILES string of the molecule is Cc1cccc(NC(=O)CC(=O)Nc2ccc(N(C)C)cc2)c1. The molecule has 0 radical (unpaired) electrons. The number of benzene rings is 2. The van der Waals surface area contributed by atoms with E-state index in [2.05, 4.69) is 10.6 Å². The van der Waals surface area contributed by atoms with Crippen molar-refractivity contribution in [2.24, 2.45) is 0 Å². The van der Waals surface area contributed by atoms with E-state index in [0.29, 0.717) is 11.4 Å². The average Bonchev–Trinajstić information content (AvgIpc) is 2.47. The van der Waals surface area contributed by atoms with E-state index >= 15 is 0 Å². The van der Waals surface area contributed by atoms with E-state index in [1.807, 2.05) is 68.4 Å². The maximum atomic E-state index is 11.9. The van der Waals surface area contributed by atoms with Gasteiger partial charge in [-0.25, -0.2) is 0 Å². The molecule has 2 rings (SSSR count). The third-order valence-corrected chi connectivity index (χ3v) is 3.29. The molecule has 23 heavy (non-hydrogen) atoms. The van der Waals surface area contributed by atoms with Crippen LogP contribution in [0.15, 0.2) is 48.5 Å². The van der Waals surface area contributed by atoms with Gasteiger partial charge in [0.2, 0.25) is 11.8 Å². The van der Waals surface area contributed by atoms with Crippen molar-refractivity contribution in [3.05, 3.63) is 54.1 Å². The summed E-state index contributed by atoms with van der Waals surface area (Å²) in [4.78, 5) is 25.8. The second kappa shape index (κ2) is 7.45. The molecule has 0 fully saturated rings. The number of rotatable bonds is 5. The van der Waals surface area contributed by atoms with E-state index in [4.69, 9.17) is 0 Å². The van der Waals surface area contributed by atoms with Gasteiger partial charge >= 0.3 is 0 Å². The summed E-state index contributed by atoms with van der Waals surface area (Å²) in [6, 6.07) is 14.9. The number of hydrogen-bond donors (Lipinski definition) is 2. The summed E-state index contributed by atoms with van der Waals surface area (Å²) in [5.74, 6) is -0.675. The molecule has 2 N–H and O–H groups in total.